The highest BCUT2D eigenvalue weighted by molar-refractivity contribution is 6.30. The number of benzene rings is 1. The second-order valence-corrected chi connectivity index (χ2v) is 6.48. The maximum Gasteiger partial charge on any atom is 0.0426 e. The number of halogens is 1. The van der Waals surface area contributed by atoms with E-state index in [2.05, 4.69) is 37.8 Å². The van der Waals surface area contributed by atoms with Crippen molar-refractivity contribution in [3.63, 3.8) is 0 Å². The van der Waals surface area contributed by atoms with Crippen LogP contribution in [0.1, 0.15) is 52.0 Å². The van der Waals surface area contributed by atoms with E-state index < -0.39 is 0 Å². The van der Waals surface area contributed by atoms with Crippen LogP contribution >= 0.6 is 11.6 Å². The molecule has 20 heavy (non-hydrogen) atoms. The summed E-state index contributed by atoms with van der Waals surface area (Å²) in [5.41, 5.74) is 8.81. The van der Waals surface area contributed by atoms with Crippen molar-refractivity contribution in [2.75, 3.05) is 4.90 Å². The molecule has 2 N–H and O–H groups in total. The average molecular weight is 295 g/mol. The lowest BCUT2D eigenvalue weighted by molar-refractivity contribution is 0.614. The first kappa shape index (κ1) is 15.7. The SMILES string of the molecule is CCC(N)Cc1ccc(Cl)cc1N1C(C)CCC1CC. The third-order valence-corrected chi connectivity index (χ3v) is 4.82. The zero-order valence-electron chi connectivity index (χ0n) is 12.9. The van der Waals surface area contributed by atoms with Gasteiger partial charge in [-0.1, -0.05) is 31.5 Å². The van der Waals surface area contributed by atoms with Gasteiger partial charge >= 0.3 is 0 Å². The monoisotopic (exact) mass is 294 g/mol. The number of rotatable bonds is 5. The fraction of sp³-hybridized carbons (Fsp3) is 0.647. The molecule has 0 aliphatic carbocycles. The fourth-order valence-electron chi connectivity index (χ4n) is 3.28. The summed E-state index contributed by atoms with van der Waals surface area (Å²) in [6.07, 6.45) is 5.68. The van der Waals surface area contributed by atoms with Crippen LogP contribution in [0.2, 0.25) is 5.02 Å². The van der Waals surface area contributed by atoms with Gasteiger partial charge in [0.25, 0.3) is 0 Å². The Hall–Kier alpha value is -0.730. The highest BCUT2D eigenvalue weighted by Gasteiger charge is 2.30. The molecule has 2 nitrogen and oxygen atoms in total. The van der Waals surface area contributed by atoms with E-state index in [-0.39, 0.29) is 6.04 Å². The summed E-state index contributed by atoms with van der Waals surface area (Å²) in [5, 5.41) is 0.822. The standard InChI is InChI=1S/C17H27ClN2/c1-4-15(19)10-13-7-8-14(18)11-17(13)20-12(3)6-9-16(20)5-2/h7-8,11-12,15-16H,4-6,9-10,19H2,1-3H3. The van der Waals surface area contributed by atoms with Crippen LogP contribution in [0.3, 0.4) is 0 Å². The van der Waals surface area contributed by atoms with Gasteiger partial charge in [-0.2, -0.15) is 0 Å². The molecule has 1 aliphatic rings. The minimum Gasteiger partial charge on any atom is -0.366 e. The van der Waals surface area contributed by atoms with Crippen LogP contribution in [0, 0.1) is 0 Å². The third kappa shape index (κ3) is 3.29. The summed E-state index contributed by atoms with van der Waals surface area (Å²) >= 11 is 6.25. The summed E-state index contributed by atoms with van der Waals surface area (Å²) in [4.78, 5) is 2.57. The molecule has 1 aromatic rings. The smallest absolute Gasteiger partial charge is 0.0426 e. The molecule has 1 aliphatic heterocycles. The number of anilines is 1. The van der Waals surface area contributed by atoms with Crippen molar-refractivity contribution < 1.29 is 0 Å². The molecule has 1 heterocycles. The summed E-state index contributed by atoms with van der Waals surface area (Å²) < 4.78 is 0. The van der Waals surface area contributed by atoms with E-state index in [0.717, 1.165) is 17.9 Å². The van der Waals surface area contributed by atoms with Gasteiger partial charge in [0.05, 0.1) is 0 Å². The Morgan fingerprint density at radius 1 is 1.35 bits per heavy atom. The van der Waals surface area contributed by atoms with Crippen LogP contribution in [0.4, 0.5) is 5.69 Å². The molecule has 0 radical (unpaired) electrons. The van der Waals surface area contributed by atoms with Gasteiger partial charge in [-0.05, 0) is 56.7 Å². The lowest BCUT2D eigenvalue weighted by atomic mass is 10.0. The van der Waals surface area contributed by atoms with Crippen LogP contribution in [0.15, 0.2) is 18.2 Å². The van der Waals surface area contributed by atoms with Crippen molar-refractivity contribution in [1.82, 2.24) is 0 Å². The Balaban J connectivity index is 2.35. The van der Waals surface area contributed by atoms with Gasteiger partial charge in [0.2, 0.25) is 0 Å². The van der Waals surface area contributed by atoms with Crippen molar-refractivity contribution >= 4 is 17.3 Å². The van der Waals surface area contributed by atoms with E-state index >= 15 is 0 Å². The molecule has 3 atom stereocenters. The number of hydrogen-bond donors (Lipinski definition) is 1. The molecule has 1 aromatic carbocycles. The summed E-state index contributed by atoms with van der Waals surface area (Å²) in [5.74, 6) is 0. The Morgan fingerprint density at radius 2 is 2.10 bits per heavy atom. The second-order valence-electron chi connectivity index (χ2n) is 6.04. The van der Waals surface area contributed by atoms with Crippen molar-refractivity contribution in [3.8, 4) is 0 Å². The number of nitrogens with zero attached hydrogens (tertiary/aromatic N) is 1. The Labute approximate surface area is 128 Å². The zero-order chi connectivity index (χ0) is 14.7. The van der Waals surface area contributed by atoms with Crippen molar-refractivity contribution in [2.24, 2.45) is 5.73 Å². The Morgan fingerprint density at radius 3 is 2.75 bits per heavy atom. The van der Waals surface area contributed by atoms with E-state index in [1.807, 2.05) is 6.07 Å². The minimum atomic E-state index is 0.230. The van der Waals surface area contributed by atoms with Crippen molar-refractivity contribution in [1.29, 1.82) is 0 Å². The van der Waals surface area contributed by atoms with E-state index in [1.165, 1.54) is 30.5 Å². The van der Waals surface area contributed by atoms with E-state index in [0.29, 0.717) is 12.1 Å². The molecule has 112 valence electrons. The molecular formula is C17H27ClN2. The highest BCUT2D eigenvalue weighted by atomic mass is 35.5. The van der Waals surface area contributed by atoms with Crippen molar-refractivity contribution in [2.45, 2.75) is 71.0 Å². The minimum absolute atomic E-state index is 0.230. The molecule has 2 rings (SSSR count). The fourth-order valence-corrected chi connectivity index (χ4v) is 3.45. The molecule has 3 heteroatoms. The Kier molecular flexibility index (Phi) is 5.34. The molecular weight excluding hydrogens is 268 g/mol. The van der Waals surface area contributed by atoms with Crippen LogP contribution in [-0.4, -0.2) is 18.1 Å². The van der Waals surface area contributed by atoms with Gasteiger partial charge < -0.3 is 10.6 Å². The van der Waals surface area contributed by atoms with E-state index in [9.17, 15) is 0 Å². The lowest BCUT2D eigenvalue weighted by Crippen LogP contribution is -2.35. The summed E-state index contributed by atoms with van der Waals surface area (Å²) in [7, 11) is 0. The average Bonchev–Trinajstić information content (AvgIpc) is 2.81. The first-order valence-electron chi connectivity index (χ1n) is 7.89. The van der Waals surface area contributed by atoms with Gasteiger partial charge in [0, 0.05) is 28.8 Å². The first-order chi connectivity index (χ1) is 9.56. The van der Waals surface area contributed by atoms with Gasteiger partial charge in [-0.15, -0.1) is 0 Å². The molecule has 0 aromatic heterocycles. The zero-order valence-corrected chi connectivity index (χ0v) is 13.7. The van der Waals surface area contributed by atoms with Gasteiger partial charge in [-0.25, -0.2) is 0 Å². The van der Waals surface area contributed by atoms with Crippen molar-refractivity contribution in [3.05, 3.63) is 28.8 Å². The molecule has 0 bridgehead atoms. The van der Waals surface area contributed by atoms with Crippen LogP contribution in [0.25, 0.3) is 0 Å². The van der Waals surface area contributed by atoms with Gasteiger partial charge in [-0.3, -0.25) is 0 Å². The third-order valence-electron chi connectivity index (χ3n) is 4.59. The number of hydrogen-bond acceptors (Lipinski definition) is 2. The van der Waals surface area contributed by atoms with E-state index in [4.69, 9.17) is 17.3 Å². The first-order valence-corrected chi connectivity index (χ1v) is 8.26. The molecule has 0 saturated carbocycles. The second kappa shape index (κ2) is 6.82. The largest absolute Gasteiger partial charge is 0.366 e. The van der Waals surface area contributed by atoms with Gasteiger partial charge in [0.1, 0.15) is 0 Å². The van der Waals surface area contributed by atoms with Crippen LogP contribution in [0.5, 0.6) is 0 Å². The lowest BCUT2D eigenvalue weighted by Gasteiger charge is -2.33. The van der Waals surface area contributed by atoms with E-state index in [1.54, 1.807) is 0 Å². The maximum absolute atomic E-state index is 6.25. The molecule has 1 saturated heterocycles. The predicted molar refractivity (Wildman–Crippen MR) is 88.7 cm³/mol. The molecule has 0 amide bonds. The number of nitrogens with two attached hydrogens (primary N) is 1. The van der Waals surface area contributed by atoms with Crippen LogP contribution in [-0.2, 0) is 6.42 Å². The summed E-state index contributed by atoms with van der Waals surface area (Å²) in [6.45, 7) is 6.74. The summed E-state index contributed by atoms with van der Waals surface area (Å²) in [6, 6.07) is 7.74. The van der Waals surface area contributed by atoms with Gasteiger partial charge in [0.15, 0.2) is 0 Å². The normalized spacial score (nSPS) is 24.1. The maximum atomic E-state index is 6.25. The predicted octanol–water partition coefficient (Wildman–Crippen LogP) is 4.39. The Bertz CT molecular complexity index is 447. The highest BCUT2D eigenvalue weighted by Crippen LogP contribution is 2.36. The molecule has 0 spiro atoms. The molecule has 1 fully saturated rings. The van der Waals surface area contributed by atoms with Crippen LogP contribution < -0.4 is 10.6 Å². The quantitative estimate of drug-likeness (QED) is 0.873. The molecule has 3 unspecified atom stereocenters. The topological polar surface area (TPSA) is 29.3 Å².